The van der Waals surface area contributed by atoms with E-state index in [1.807, 2.05) is 6.08 Å². The number of phosphoric ester groups is 1. The van der Waals surface area contributed by atoms with Gasteiger partial charge in [-0.15, -0.1) is 6.58 Å². The number of ether oxygens (including phenoxy) is 2. The van der Waals surface area contributed by atoms with Gasteiger partial charge in [-0.1, -0.05) is 122 Å². The zero-order valence-electron chi connectivity index (χ0n) is 27.3. The molecule has 0 aliphatic rings. The highest BCUT2D eigenvalue weighted by molar-refractivity contribution is 7.47. The summed E-state index contributed by atoms with van der Waals surface area (Å²) >= 11 is 0. The smallest absolute Gasteiger partial charge is 0.462 e. The maximum atomic E-state index is 12.4. The summed E-state index contributed by atoms with van der Waals surface area (Å²) in [6, 6.07) is 0. The van der Waals surface area contributed by atoms with Crippen LogP contribution in [0.4, 0.5) is 0 Å². The molecule has 2 atom stereocenters. The fourth-order valence-corrected chi connectivity index (χ4v) is 5.50. The molecule has 1 unspecified atom stereocenters. The molecular weight excluding hydrogens is 569 g/mol. The van der Waals surface area contributed by atoms with Gasteiger partial charge < -0.3 is 20.1 Å². The minimum absolute atomic E-state index is 0.0551. The van der Waals surface area contributed by atoms with Crippen LogP contribution in [-0.2, 0) is 32.7 Å². The maximum absolute atomic E-state index is 12.4. The number of hydrogen-bond donors (Lipinski definition) is 2. The molecule has 0 aromatic rings. The summed E-state index contributed by atoms with van der Waals surface area (Å²) in [5.41, 5.74) is 5.31. The van der Waals surface area contributed by atoms with E-state index in [9.17, 15) is 19.0 Å². The molecule has 3 N–H and O–H groups in total. The first kappa shape index (κ1) is 41.8. The third kappa shape index (κ3) is 30.6. The van der Waals surface area contributed by atoms with E-state index in [2.05, 4.69) is 13.5 Å². The minimum atomic E-state index is -4.36. The highest BCUT2D eigenvalue weighted by Crippen LogP contribution is 2.43. The van der Waals surface area contributed by atoms with E-state index in [1.54, 1.807) is 0 Å². The van der Waals surface area contributed by atoms with Gasteiger partial charge in [-0.2, -0.15) is 0 Å². The normalized spacial score (nSPS) is 13.4. The molecule has 0 aromatic heterocycles. The summed E-state index contributed by atoms with van der Waals surface area (Å²) in [6.07, 6.45) is 25.8. The molecule has 254 valence electrons. The number of allylic oxidation sites excluding steroid dienone is 1. The summed E-state index contributed by atoms with van der Waals surface area (Å²) in [5, 5.41) is 0. The lowest BCUT2D eigenvalue weighted by Crippen LogP contribution is -2.29. The van der Waals surface area contributed by atoms with Crippen molar-refractivity contribution in [3.63, 3.8) is 0 Å². The number of hydrogen-bond acceptors (Lipinski definition) is 8. The molecule has 10 heteroatoms. The van der Waals surface area contributed by atoms with Crippen molar-refractivity contribution in [2.45, 2.75) is 161 Å². The predicted octanol–water partition coefficient (Wildman–Crippen LogP) is 8.71. The number of esters is 2. The molecule has 0 aliphatic heterocycles. The number of phosphoric acid groups is 1. The van der Waals surface area contributed by atoms with Gasteiger partial charge in [-0.3, -0.25) is 18.6 Å². The number of rotatable bonds is 33. The largest absolute Gasteiger partial charge is 0.472 e. The highest BCUT2D eigenvalue weighted by atomic mass is 31.2. The van der Waals surface area contributed by atoms with E-state index in [0.29, 0.717) is 6.42 Å². The number of unbranched alkanes of at least 4 members (excludes halogenated alkanes) is 19. The van der Waals surface area contributed by atoms with E-state index in [-0.39, 0.29) is 38.6 Å². The average molecular weight is 634 g/mol. The van der Waals surface area contributed by atoms with Crippen molar-refractivity contribution in [2.24, 2.45) is 5.73 Å². The van der Waals surface area contributed by atoms with Crippen LogP contribution < -0.4 is 5.73 Å². The van der Waals surface area contributed by atoms with E-state index >= 15 is 0 Å². The Balaban J connectivity index is 4.18. The zero-order chi connectivity index (χ0) is 31.9. The first-order chi connectivity index (χ1) is 20.8. The Morgan fingerprint density at radius 3 is 1.67 bits per heavy atom. The Kier molecular flexibility index (Phi) is 29.9. The second-order valence-electron chi connectivity index (χ2n) is 11.5. The molecule has 0 saturated carbocycles. The van der Waals surface area contributed by atoms with E-state index in [4.69, 9.17) is 24.3 Å². The van der Waals surface area contributed by atoms with Crippen molar-refractivity contribution in [2.75, 3.05) is 26.4 Å². The van der Waals surface area contributed by atoms with E-state index in [0.717, 1.165) is 44.9 Å². The van der Waals surface area contributed by atoms with Gasteiger partial charge in [-0.25, -0.2) is 4.57 Å². The van der Waals surface area contributed by atoms with Gasteiger partial charge in [0.05, 0.1) is 13.2 Å². The summed E-state index contributed by atoms with van der Waals surface area (Å²) in [4.78, 5) is 34.4. The first-order valence-electron chi connectivity index (χ1n) is 17.1. The Labute approximate surface area is 262 Å². The van der Waals surface area contributed by atoms with Crippen LogP contribution in [0.2, 0.25) is 0 Å². The fraction of sp³-hybridized carbons (Fsp3) is 0.879. The van der Waals surface area contributed by atoms with Gasteiger partial charge in [0.15, 0.2) is 6.10 Å². The maximum Gasteiger partial charge on any atom is 0.472 e. The van der Waals surface area contributed by atoms with Crippen molar-refractivity contribution < 1.29 is 37.6 Å². The average Bonchev–Trinajstić information content (AvgIpc) is 2.99. The SMILES string of the molecule is C=CCCCCCCCCCCCCCCCC(=O)O[C@H](COC(=O)CCCCCCCCC)COP(=O)(O)OCCN. The molecule has 0 rings (SSSR count). The Hall–Kier alpha value is -1.25. The van der Waals surface area contributed by atoms with Crippen LogP contribution in [0, 0.1) is 0 Å². The molecule has 0 radical (unpaired) electrons. The molecule has 0 aromatic carbocycles. The number of carbonyl (C=O) groups is 2. The van der Waals surface area contributed by atoms with Crippen molar-refractivity contribution in [1.82, 2.24) is 0 Å². The quantitative estimate of drug-likeness (QED) is 0.0315. The van der Waals surface area contributed by atoms with Gasteiger partial charge in [-0.05, 0) is 25.7 Å². The minimum Gasteiger partial charge on any atom is -0.462 e. The van der Waals surface area contributed by atoms with Crippen LogP contribution in [0.15, 0.2) is 12.7 Å². The lowest BCUT2D eigenvalue weighted by Gasteiger charge is -2.19. The lowest BCUT2D eigenvalue weighted by atomic mass is 10.0. The van der Waals surface area contributed by atoms with Gasteiger partial charge in [0, 0.05) is 19.4 Å². The monoisotopic (exact) mass is 633 g/mol. The molecule has 0 saturated heterocycles. The van der Waals surface area contributed by atoms with E-state index in [1.165, 1.54) is 83.5 Å². The number of carbonyl (C=O) groups excluding carboxylic acids is 2. The van der Waals surface area contributed by atoms with Crippen molar-refractivity contribution >= 4 is 19.8 Å². The third-order valence-electron chi connectivity index (χ3n) is 7.30. The van der Waals surface area contributed by atoms with Crippen LogP contribution >= 0.6 is 7.82 Å². The first-order valence-corrected chi connectivity index (χ1v) is 18.6. The Bertz CT molecular complexity index is 721. The molecule has 0 heterocycles. The summed E-state index contributed by atoms with van der Waals surface area (Å²) in [7, 11) is -4.36. The Morgan fingerprint density at radius 1 is 0.721 bits per heavy atom. The van der Waals surface area contributed by atoms with Gasteiger partial charge >= 0.3 is 19.8 Å². The molecule has 0 aliphatic carbocycles. The summed E-state index contributed by atoms with van der Waals surface area (Å²) in [6.45, 7) is 5.18. The molecule has 0 fully saturated rings. The highest BCUT2D eigenvalue weighted by Gasteiger charge is 2.25. The molecule has 9 nitrogen and oxygen atoms in total. The predicted molar refractivity (Wildman–Crippen MR) is 174 cm³/mol. The van der Waals surface area contributed by atoms with E-state index < -0.39 is 26.5 Å². The van der Waals surface area contributed by atoms with Gasteiger partial charge in [0.25, 0.3) is 0 Å². The second-order valence-corrected chi connectivity index (χ2v) is 12.9. The van der Waals surface area contributed by atoms with Gasteiger partial charge in [0.2, 0.25) is 0 Å². The van der Waals surface area contributed by atoms with Gasteiger partial charge in [0.1, 0.15) is 6.61 Å². The zero-order valence-corrected chi connectivity index (χ0v) is 28.2. The topological polar surface area (TPSA) is 134 Å². The number of nitrogens with two attached hydrogens (primary N) is 1. The molecule has 0 amide bonds. The van der Waals surface area contributed by atoms with Crippen molar-refractivity contribution in [3.05, 3.63) is 12.7 Å². The van der Waals surface area contributed by atoms with Crippen LogP contribution in [0.1, 0.15) is 155 Å². The third-order valence-corrected chi connectivity index (χ3v) is 8.28. The summed E-state index contributed by atoms with van der Waals surface area (Å²) < 4.78 is 32.4. The standard InChI is InChI=1S/C33H64NO8P/c1-3-5-7-9-11-12-13-14-15-16-17-18-20-22-24-26-33(36)42-31(30-41-43(37,38)40-28-27-34)29-39-32(35)25-23-21-19-10-8-6-4-2/h3,31H,1,4-30,34H2,2H3,(H,37,38)/t31-/m1/s1. The van der Waals surface area contributed by atoms with Crippen molar-refractivity contribution in [1.29, 1.82) is 0 Å². The fourth-order valence-electron chi connectivity index (χ4n) is 4.73. The van der Waals surface area contributed by atoms with Crippen LogP contribution in [0.5, 0.6) is 0 Å². The summed E-state index contributed by atoms with van der Waals surface area (Å²) in [5.74, 6) is -0.836. The second kappa shape index (κ2) is 30.8. The van der Waals surface area contributed by atoms with Crippen LogP contribution in [0.3, 0.4) is 0 Å². The molecule has 0 spiro atoms. The van der Waals surface area contributed by atoms with Crippen LogP contribution in [-0.4, -0.2) is 49.3 Å². The van der Waals surface area contributed by atoms with Crippen LogP contribution in [0.25, 0.3) is 0 Å². The Morgan fingerprint density at radius 2 is 1.19 bits per heavy atom. The van der Waals surface area contributed by atoms with Crippen molar-refractivity contribution in [3.8, 4) is 0 Å². The molecule has 0 bridgehead atoms. The molecular formula is C33H64NO8P. The lowest BCUT2D eigenvalue weighted by molar-refractivity contribution is -0.161. The molecule has 43 heavy (non-hydrogen) atoms.